The summed E-state index contributed by atoms with van der Waals surface area (Å²) < 4.78 is 71.5. The van der Waals surface area contributed by atoms with E-state index in [1.54, 1.807) is 33.7 Å². The molecule has 18 heteroatoms. The van der Waals surface area contributed by atoms with Gasteiger partial charge in [0.15, 0.2) is 17.7 Å². The van der Waals surface area contributed by atoms with E-state index >= 15 is 8.78 Å². The van der Waals surface area contributed by atoms with Crippen molar-refractivity contribution in [2.45, 2.75) is 57.0 Å². The highest BCUT2D eigenvalue weighted by Crippen LogP contribution is 2.46. The van der Waals surface area contributed by atoms with Crippen molar-refractivity contribution >= 4 is 48.1 Å². The van der Waals surface area contributed by atoms with Gasteiger partial charge >= 0.3 is 25.9 Å². The van der Waals surface area contributed by atoms with Crippen LogP contribution in [0.2, 0.25) is 0 Å². The fourth-order valence-corrected chi connectivity index (χ4v) is 7.62. The number of benzene rings is 3. The molecule has 1 aliphatic carbocycles. The van der Waals surface area contributed by atoms with Crippen molar-refractivity contribution in [3.8, 4) is 5.75 Å². The highest BCUT2D eigenvalue weighted by Gasteiger charge is 2.43. The lowest BCUT2D eigenvalue weighted by atomic mass is 9.92. The molecule has 3 aromatic carbocycles. The van der Waals surface area contributed by atoms with Crippen molar-refractivity contribution in [2.75, 3.05) is 42.6 Å². The normalized spacial score (nSPS) is 18.2. The number of cyclic esters (lactones) is 1. The SMILES string of the molecule is CC(=O)OC[C@H]1CN(c2ccc(OCC3(OP(=O)(O)O)CCN(c4cc5c(cc4F)c(=O)c(C(=O)OCc4ccccc4)cn5C4CC4)CC3)c(F)c2)C(=O)O1. The maximum Gasteiger partial charge on any atom is 0.470 e. The van der Waals surface area contributed by atoms with E-state index in [-0.39, 0.29) is 79.8 Å². The molecule has 15 nitrogen and oxygen atoms in total. The van der Waals surface area contributed by atoms with Gasteiger partial charge in [-0.3, -0.25) is 19.0 Å². The van der Waals surface area contributed by atoms with Crippen LogP contribution in [0.3, 0.4) is 0 Å². The Kier molecular flexibility index (Phi) is 10.9. The van der Waals surface area contributed by atoms with E-state index in [2.05, 4.69) is 0 Å². The fraction of sp³-hybridized carbons (Fsp3) is 0.368. The summed E-state index contributed by atoms with van der Waals surface area (Å²) in [5, 5.41) is 0.00776. The van der Waals surface area contributed by atoms with Crippen LogP contribution in [0.5, 0.6) is 5.75 Å². The number of phosphoric ester groups is 1. The van der Waals surface area contributed by atoms with E-state index in [4.69, 9.17) is 23.5 Å². The molecule has 56 heavy (non-hydrogen) atoms. The van der Waals surface area contributed by atoms with E-state index in [0.29, 0.717) is 5.52 Å². The van der Waals surface area contributed by atoms with E-state index in [1.807, 2.05) is 6.07 Å². The lowest BCUT2D eigenvalue weighted by molar-refractivity contribution is -0.143. The average Bonchev–Trinajstić information content (AvgIpc) is 3.93. The molecule has 2 aliphatic heterocycles. The van der Waals surface area contributed by atoms with Gasteiger partial charge < -0.3 is 38.2 Å². The first-order valence-corrected chi connectivity index (χ1v) is 19.4. The molecule has 3 fully saturated rings. The van der Waals surface area contributed by atoms with E-state index in [9.17, 15) is 33.5 Å². The Labute approximate surface area is 318 Å². The van der Waals surface area contributed by atoms with Gasteiger partial charge in [-0.05, 0) is 55.5 Å². The number of pyridine rings is 1. The Balaban J connectivity index is 1.06. The van der Waals surface area contributed by atoms with Crippen LogP contribution >= 0.6 is 7.82 Å². The number of ether oxygens (including phenoxy) is 4. The van der Waals surface area contributed by atoms with Crippen LogP contribution in [0.25, 0.3) is 10.9 Å². The molecule has 2 saturated heterocycles. The van der Waals surface area contributed by atoms with Crippen LogP contribution in [0.1, 0.15) is 54.6 Å². The first kappa shape index (κ1) is 38.9. The Morgan fingerprint density at radius 1 is 0.982 bits per heavy atom. The number of amides is 1. The van der Waals surface area contributed by atoms with Crippen molar-refractivity contribution < 1.29 is 61.0 Å². The second kappa shape index (κ2) is 15.7. The van der Waals surface area contributed by atoms with Crippen molar-refractivity contribution in [1.29, 1.82) is 0 Å². The lowest BCUT2D eigenvalue weighted by Crippen LogP contribution is -2.49. The minimum atomic E-state index is -5.10. The Morgan fingerprint density at radius 3 is 2.38 bits per heavy atom. The minimum absolute atomic E-state index is 0.00277. The van der Waals surface area contributed by atoms with Gasteiger partial charge in [0, 0.05) is 43.7 Å². The van der Waals surface area contributed by atoms with Gasteiger partial charge in [0.25, 0.3) is 0 Å². The molecule has 0 radical (unpaired) electrons. The number of halogens is 2. The smallest absolute Gasteiger partial charge is 0.470 e. The lowest BCUT2D eigenvalue weighted by Gasteiger charge is -2.42. The van der Waals surface area contributed by atoms with Gasteiger partial charge in [-0.2, -0.15) is 0 Å². The summed E-state index contributed by atoms with van der Waals surface area (Å²) >= 11 is 0. The molecule has 1 atom stereocenters. The van der Waals surface area contributed by atoms with Crippen LogP contribution < -0.4 is 20.0 Å². The quantitative estimate of drug-likeness (QED) is 0.0999. The number of carbonyl (C=O) groups is 3. The number of piperidine rings is 1. The number of hydrogen-bond donors (Lipinski definition) is 2. The Morgan fingerprint density at radius 2 is 1.71 bits per heavy atom. The number of phosphoric acid groups is 1. The topological polar surface area (TPSA) is 183 Å². The van der Waals surface area contributed by atoms with E-state index < -0.39 is 61.2 Å². The van der Waals surface area contributed by atoms with Gasteiger partial charge in [0.1, 0.15) is 36.8 Å². The standard InChI is InChI=1S/C38H38F2N3O12P/c1-23(44)51-21-27-18-43(37(47)54-27)26-9-10-34(31(40)15-26)53-22-38(55-56(48,49)50)11-13-41(14-12-38)33-17-32-28(16-30(33)39)35(45)29(19-42(32)25-7-8-25)36(46)52-20-24-5-3-2-4-6-24/h2-6,9-10,15-17,19,25,27H,7-8,11-14,18,20-22H2,1H3,(H2,48,49,50)/t27-/m1/s1. The number of hydrogen-bond acceptors (Lipinski definition) is 11. The van der Waals surface area contributed by atoms with E-state index in [1.165, 1.54) is 31.3 Å². The van der Waals surface area contributed by atoms with Gasteiger partial charge in [-0.25, -0.2) is 22.9 Å². The molecule has 2 N–H and O–H groups in total. The number of anilines is 2. The molecule has 0 spiro atoms. The third-order valence-corrected chi connectivity index (χ3v) is 10.5. The highest BCUT2D eigenvalue weighted by molar-refractivity contribution is 7.46. The molecule has 3 aliphatic rings. The number of rotatable bonds is 13. The summed E-state index contributed by atoms with van der Waals surface area (Å²) in [6.07, 6.45) is 1.39. The number of esters is 2. The van der Waals surface area contributed by atoms with Gasteiger partial charge in [-0.15, -0.1) is 0 Å². The molecule has 7 rings (SSSR count). The van der Waals surface area contributed by atoms with Gasteiger partial charge in [0.05, 0.1) is 23.4 Å². The predicted octanol–water partition coefficient (Wildman–Crippen LogP) is 5.39. The van der Waals surface area contributed by atoms with Crippen LogP contribution in [0.4, 0.5) is 25.0 Å². The molecular weight excluding hydrogens is 759 g/mol. The molecule has 1 amide bonds. The second-order valence-electron chi connectivity index (χ2n) is 14.0. The van der Waals surface area contributed by atoms with E-state index in [0.717, 1.165) is 35.4 Å². The average molecular weight is 798 g/mol. The predicted molar refractivity (Wildman–Crippen MR) is 195 cm³/mol. The first-order valence-electron chi connectivity index (χ1n) is 17.8. The first-order chi connectivity index (χ1) is 26.7. The van der Waals surface area contributed by atoms with Crippen molar-refractivity contribution in [3.05, 3.63) is 99.8 Å². The highest BCUT2D eigenvalue weighted by atomic mass is 31.2. The van der Waals surface area contributed by atoms with Crippen molar-refractivity contribution in [2.24, 2.45) is 0 Å². The molecular formula is C38H38F2N3O12P. The monoisotopic (exact) mass is 797 g/mol. The molecule has 0 bridgehead atoms. The minimum Gasteiger partial charge on any atom is -0.487 e. The molecule has 1 aromatic heterocycles. The van der Waals surface area contributed by atoms with Crippen LogP contribution in [-0.4, -0.2) is 76.9 Å². The summed E-state index contributed by atoms with van der Waals surface area (Å²) in [6, 6.07) is 15.3. The number of aromatic nitrogens is 1. The van der Waals surface area contributed by atoms with Crippen LogP contribution in [-0.2, 0) is 34.7 Å². The van der Waals surface area contributed by atoms with Gasteiger partial charge in [0.2, 0.25) is 5.43 Å². The van der Waals surface area contributed by atoms with Gasteiger partial charge in [-0.1, -0.05) is 30.3 Å². The summed E-state index contributed by atoms with van der Waals surface area (Å²) in [4.78, 5) is 72.5. The Bertz CT molecular complexity index is 2270. The van der Waals surface area contributed by atoms with Crippen molar-refractivity contribution in [1.82, 2.24) is 4.57 Å². The summed E-state index contributed by atoms with van der Waals surface area (Å²) in [6.45, 7) is 0.607. The summed E-state index contributed by atoms with van der Waals surface area (Å²) in [7, 11) is -5.10. The zero-order chi connectivity index (χ0) is 39.8. The fourth-order valence-electron chi connectivity index (χ4n) is 6.88. The zero-order valence-corrected chi connectivity index (χ0v) is 31.0. The molecule has 4 aromatic rings. The molecule has 3 heterocycles. The number of nitrogens with zero attached hydrogens (tertiary/aromatic N) is 3. The number of carbonyl (C=O) groups excluding carboxylic acids is 3. The molecule has 1 saturated carbocycles. The maximum absolute atomic E-state index is 15.9. The third kappa shape index (κ3) is 8.70. The Hall–Kier alpha value is -5.35. The third-order valence-electron chi connectivity index (χ3n) is 9.87. The van der Waals surface area contributed by atoms with Crippen LogP contribution in [0, 0.1) is 11.6 Å². The molecule has 0 unspecified atom stereocenters. The zero-order valence-electron chi connectivity index (χ0n) is 30.1. The van der Waals surface area contributed by atoms with Crippen LogP contribution in [0.15, 0.2) is 71.7 Å². The van der Waals surface area contributed by atoms with Crippen molar-refractivity contribution in [3.63, 3.8) is 0 Å². The summed E-state index contributed by atoms with van der Waals surface area (Å²) in [5.74, 6) is -3.27. The summed E-state index contributed by atoms with van der Waals surface area (Å²) in [5.41, 5.74) is -1.06. The molecule has 296 valence electrons. The largest absolute Gasteiger partial charge is 0.487 e. The number of fused-ring (bicyclic) bond motifs is 1. The second-order valence-corrected chi connectivity index (χ2v) is 15.1. The maximum atomic E-state index is 15.9.